The number of hydrogen-bond donors (Lipinski definition) is 0. The highest BCUT2D eigenvalue weighted by Crippen LogP contribution is 2.70. The summed E-state index contributed by atoms with van der Waals surface area (Å²) in [5.74, 6) is -0.118. The zero-order valence-electron chi connectivity index (χ0n) is 30.4. The summed E-state index contributed by atoms with van der Waals surface area (Å²) < 4.78 is 41.7. The third kappa shape index (κ3) is 5.60. The van der Waals surface area contributed by atoms with Crippen molar-refractivity contribution in [3.63, 3.8) is 0 Å². The van der Waals surface area contributed by atoms with Crippen LogP contribution in [0.4, 0.5) is 4.79 Å². The van der Waals surface area contributed by atoms with E-state index in [-0.39, 0.29) is 53.2 Å². The molecule has 266 valence electrons. The molecule has 5 aliphatic rings. The van der Waals surface area contributed by atoms with Crippen molar-refractivity contribution in [2.45, 2.75) is 136 Å². The number of sulfonamides is 1. The third-order valence-corrected chi connectivity index (χ3v) is 21.7. The molecule has 1 spiro atoms. The highest BCUT2D eigenvalue weighted by molar-refractivity contribution is 7.90. The summed E-state index contributed by atoms with van der Waals surface area (Å²) in [7, 11) is -5.86. The van der Waals surface area contributed by atoms with Crippen LogP contribution in [0, 0.1) is 28.6 Å². The first-order valence-electron chi connectivity index (χ1n) is 18.5. The maximum Gasteiger partial charge on any atom is 0.414 e. The first-order chi connectivity index (χ1) is 22.6. The van der Waals surface area contributed by atoms with E-state index in [1.165, 1.54) is 4.31 Å². The van der Waals surface area contributed by atoms with Crippen LogP contribution in [0.3, 0.4) is 0 Å². The summed E-state index contributed by atoms with van der Waals surface area (Å²) in [6, 6.07) is 9.32. The molecule has 10 heteroatoms. The van der Waals surface area contributed by atoms with E-state index in [1.807, 2.05) is 41.3 Å². The molecule has 0 N–H and O–H groups in total. The molecule has 2 saturated heterocycles. The molecule has 0 radical (unpaired) electrons. The number of carbonyl (C=O) groups is 2. The highest BCUT2D eigenvalue weighted by atomic mass is 32.2. The van der Waals surface area contributed by atoms with E-state index in [2.05, 4.69) is 55.4 Å². The van der Waals surface area contributed by atoms with Gasteiger partial charge in [0.15, 0.2) is 8.32 Å². The van der Waals surface area contributed by atoms with Crippen LogP contribution in [-0.2, 0) is 30.6 Å². The van der Waals surface area contributed by atoms with Crippen LogP contribution >= 0.6 is 0 Å². The van der Waals surface area contributed by atoms with Gasteiger partial charge in [-0.2, -0.15) is 0 Å². The minimum absolute atomic E-state index is 0.0220. The van der Waals surface area contributed by atoms with Crippen LogP contribution in [0.25, 0.3) is 0 Å². The molecule has 6 atom stereocenters. The normalized spacial score (nSPS) is 32.1. The summed E-state index contributed by atoms with van der Waals surface area (Å²) in [4.78, 5) is 30.1. The number of ether oxygens (including phenoxy) is 1. The zero-order chi connectivity index (χ0) is 34.8. The monoisotopic (exact) mass is 698 g/mol. The van der Waals surface area contributed by atoms with E-state index < -0.39 is 24.3 Å². The maximum atomic E-state index is 14.3. The molecule has 2 heterocycles. The Kier molecular flexibility index (Phi) is 9.55. The molecule has 0 aromatic heterocycles. The van der Waals surface area contributed by atoms with E-state index in [9.17, 15) is 18.0 Å². The molecule has 2 saturated carbocycles. The van der Waals surface area contributed by atoms with E-state index in [0.717, 1.165) is 43.4 Å². The van der Waals surface area contributed by atoms with Crippen molar-refractivity contribution in [2.24, 2.45) is 28.6 Å². The largest absolute Gasteiger partial charge is 0.444 e. The Morgan fingerprint density at radius 3 is 2.25 bits per heavy atom. The summed E-state index contributed by atoms with van der Waals surface area (Å²) in [6.45, 7) is 18.7. The number of hydrogen-bond acceptors (Lipinski definition) is 6. The van der Waals surface area contributed by atoms with Gasteiger partial charge in [0.1, 0.15) is 6.61 Å². The minimum atomic E-state index is -3.68. The lowest BCUT2D eigenvalue weighted by Gasteiger charge is -2.47. The van der Waals surface area contributed by atoms with E-state index >= 15 is 0 Å². The number of carbonyl (C=O) groups excluding carboxylic acids is 2. The third-order valence-electron chi connectivity index (χ3n) is 13.7. The molecule has 1 aromatic rings. The summed E-state index contributed by atoms with van der Waals surface area (Å²) in [6.07, 6.45) is 6.89. The van der Waals surface area contributed by atoms with Crippen molar-refractivity contribution < 1.29 is 27.2 Å². The number of benzene rings is 1. The van der Waals surface area contributed by atoms with Crippen molar-refractivity contribution in [1.82, 2.24) is 9.21 Å². The summed E-state index contributed by atoms with van der Waals surface area (Å²) in [5, 5.41) is 0. The quantitative estimate of drug-likeness (QED) is 0.241. The number of likely N-dealkylation sites (tertiary alicyclic amines) is 1. The smallest absolute Gasteiger partial charge is 0.414 e. The number of fused-ring (bicyclic) bond motifs is 2. The molecule has 1 aromatic carbocycles. The average molecular weight is 699 g/mol. The number of amides is 2. The van der Waals surface area contributed by atoms with Crippen molar-refractivity contribution >= 4 is 30.3 Å². The Morgan fingerprint density at radius 1 is 0.958 bits per heavy atom. The second-order valence-corrected chi connectivity index (χ2v) is 24.3. The SMILES string of the molecule is CC(C)[Si](OC[C@H]1CC[C@@H]2C[C@@H](C(=O)N3[C@@H]4C[C@H]5CC[C@]4(CS3(=O)=O)C5(C)C)CC=C2N1C(=O)OCc1ccccc1)(C(C)C)C(C)C. The van der Waals surface area contributed by atoms with Crippen LogP contribution in [0.2, 0.25) is 16.6 Å². The molecule has 2 aliphatic heterocycles. The topological polar surface area (TPSA) is 93.2 Å². The first kappa shape index (κ1) is 35.6. The molecule has 4 fully saturated rings. The van der Waals surface area contributed by atoms with Gasteiger partial charge in [0.25, 0.3) is 0 Å². The molecule has 2 bridgehead atoms. The number of piperidine rings is 1. The van der Waals surface area contributed by atoms with Crippen LogP contribution in [0.15, 0.2) is 42.1 Å². The zero-order valence-corrected chi connectivity index (χ0v) is 32.2. The second kappa shape index (κ2) is 12.9. The molecular formula is C38H58N2O6SSi. The van der Waals surface area contributed by atoms with Gasteiger partial charge in [-0.15, -0.1) is 0 Å². The van der Waals surface area contributed by atoms with Gasteiger partial charge in [-0.05, 0) is 84.4 Å². The molecule has 6 rings (SSSR count). The van der Waals surface area contributed by atoms with E-state index in [0.29, 0.717) is 42.0 Å². The van der Waals surface area contributed by atoms with E-state index in [4.69, 9.17) is 9.16 Å². The minimum Gasteiger partial charge on any atom is -0.444 e. The van der Waals surface area contributed by atoms with Crippen molar-refractivity contribution in [2.75, 3.05) is 12.4 Å². The fraction of sp³-hybridized carbons (Fsp3) is 0.737. The average Bonchev–Trinajstić information content (AvgIpc) is 3.51. The Morgan fingerprint density at radius 2 is 1.62 bits per heavy atom. The van der Waals surface area contributed by atoms with Crippen molar-refractivity contribution in [3.8, 4) is 0 Å². The van der Waals surface area contributed by atoms with Gasteiger partial charge in [0.05, 0.1) is 24.4 Å². The van der Waals surface area contributed by atoms with Crippen molar-refractivity contribution in [1.29, 1.82) is 0 Å². The molecule has 0 unspecified atom stereocenters. The van der Waals surface area contributed by atoms with Crippen LogP contribution in [0.1, 0.15) is 106 Å². The van der Waals surface area contributed by atoms with Crippen LogP contribution < -0.4 is 0 Å². The van der Waals surface area contributed by atoms with Gasteiger partial charge in [-0.3, -0.25) is 9.69 Å². The Labute approximate surface area is 290 Å². The lowest BCUT2D eigenvalue weighted by Crippen LogP contribution is -2.54. The van der Waals surface area contributed by atoms with Crippen LogP contribution in [0.5, 0.6) is 0 Å². The number of allylic oxidation sites excluding steroid dienone is 2. The highest BCUT2D eigenvalue weighted by Gasteiger charge is 2.72. The molecule has 8 nitrogen and oxygen atoms in total. The van der Waals surface area contributed by atoms with Crippen LogP contribution in [-0.4, -0.2) is 62.4 Å². The van der Waals surface area contributed by atoms with Gasteiger partial charge in [0, 0.05) is 17.0 Å². The Balaban J connectivity index is 1.24. The predicted molar refractivity (Wildman–Crippen MR) is 191 cm³/mol. The van der Waals surface area contributed by atoms with Crippen molar-refractivity contribution in [3.05, 3.63) is 47.7 Å². The van der Waals surface area contributed by atoms with E-state index in [1.54, 1.807) is 0 Å². The molecule has 48 heavy (non-hydrogen) atoms. The first-order valence-corrected chi connectivity index (χ1v) is 22.2. The fourth-order valence-electron chi connectivity index (χ4n) is 11.2. The molecule has 2 amide bonds. The maximum absolute atomic E-state index is 14.3. The van der Waals surface area contributed by atoms with Gasteiger partial charge in [-0.25, -0.2) is 17.5 Å². The lowest BCUT2D eigenvalue weighted by molar-refractivity contribution is -0.134. The predicted octanol–water partition coefficient (Wildman–Crippen LogP) is 8.26. The van der Waals surface area contributed by atoms with Gasteiger partial charge in [0.2, 0.25) is 15.9 Å². The second-order valence-electron chi connectivity index (χ2n) is 17.0. The summed E-state index contributed by atoms with van der Waals surface area (Å²) >= 11 is 0. The fourth-order valence-corrected chi connectivity index (χ4v) is 19.3. The number of rotatable bonds is 9. The number of nitrogens with zero attached hydrogens (tertiary/aromatic N) is 2. The molecular weight excluding hydrogens is 641 g/mol. The standard InChI is InChI=1S/C38H58N2O6SSi/c1-25(2)48(26(3)4,27(5)6)46-23-32-16-14-29-20-30(15-17-33(29)39(32)36(42)45-22-28-12-10-9-11-13-28)35(41)40-34-21-31-18-19-38(34,37(31,7)8)24-47(40,43)44/h9-13,17,25-27,29-32,34H,14-16,18-24H2,1-8H3/t29-,30+,31-,32-,34-,38-/m1/s1. The van der Waals surface area contributed by atoms with Gasteiger partial charge >= 0.3 is 6.09 Å². The Hall–Kier alpha value is -2.17. The lowest BCUT2D eigenvalue weighted by atomic mass is 9.69. The molecule has 3 aliphatic carbocycles. The Bertz CT molecular complexity index is 1500. The van der Waals surface area contributed by atoms with Gasteiger partial charge in [-0.1, -0.05) is 91.8 Å². The van der Waals surface area contributed by atoms with Gasteiger partial charge < -0.3 is 9.16 Å². The summed E-state index contributed by atoms with van der Waals surface area (Å²) in [5.41, 5.74) is 2.69.